The van der Waals surface area contributed by atoms with Crippen molar-refractivity contribution >= 4 is 33.8 Å². The zero-order valence-corrected chi connectivity index (χ0v) is 18.8. The molecule has 0 aliphatic carbocycles. The van der Waals surface area contributed by atoms with Gasteiger partial charge in [0.2, 0.25) is 12.7 Å². The Morgan fingerprint density at radius 2 is 1.78 bits per heavy atom. The predicted octanol–water partition coefficient (Wildman–Crippen LogP) is 5.72. The van der Waals surface area contributed by atoms with Gasteiger partial charge in [-0.3, -0.25) is 4.79 Å². The number of rotatable bonds is 5. The summed E-state index contributed by atoms with van der Waals surface area (Å²) in [6.45, 7) is 0.337. The number of para-hydroxylation sites is 1. The molecule has 0 atom stereocenters. The van der Waals surface area contributed by atoms with Crippen molar-refractivity contribution in [3.8, 4) is 22.8 Å². The molecule has 1 aliphatic heterocycles. The number of H-pyrrole nitrogens is 1. The lowest BCUT2D eigenvalue weighted by Crippen LogP contribution is -2.21. The van der Waals surface area contributed by atoms with E-state index in [4.69, 9.17) is 14.5 Å². The molecule has 8 heteroatoms. The number of aromatic amines is 1. The van der Waals surface area contributed by atoms with Crippen LogP contribution < -0.4 is 14.8 Å². The second-order valence-corrected chi connectivity index (χ2v) is 8.38. The van der Waals surface area contributed by atoms with E-state index in [9.17, 15) is 13.6 Å². The third-order valence-electron chi connectivity index (χ3n) is 5.95. The van der Waals surface area contributed by atoms with Gasteiger partial charge < -0.3 is 19.8 Å². The third-order valence-corrected chi connectivity index (χ3v) is 5.95. The first-order chi connectivity index (χ1) is 17.5. The molecular weight excluding hydrogens is 464 g/mol. The van der Waals surface area contributed by atoms with Gasteiger partial charge in [0.05, 0.1) is 23.4 Å². The Labute approximate surface area is 204 Å². The van der Waals surface area contributed by atoms with E-state index in [2.05, 4.69) is 10.3 Å². The van der Waals surface area contributed by atoms with Crippen molar-refractivity contribution in [3.05, 3.63) is 95.7 Å². The molecule has 0 saturated heterocycles. The minimum atomic E-state index is -0.706. The number of nitrogens with one attached hydrogen (secondary N) is 2. The Kier molecular flexibility index (Phi) is 5.33. The minimum Gasteiger partial charge on any atom is -0.454 e. The molecule has 0 bridgehead atoms. The molecule has 2 N–H and O–H groups in total. The molecule has 36 heavy (non-hydrogen) atoms. The number of halogens is 2. The maximum absolute atomic E-state index is 13.4. The first-order valence-electron chi connectivity index (χ1n) is 11.3. The lowest BCUT2D eigenvalue weighted by atomic mass is 10.1. The Hall–Kier alpha value is -4.72. The van der Waals surface area contributed by atoms with Crippen LogP contribution in [0.2, 0.25) is 0 Å². The lowest BCUT2D eigenvalue weighted by molar-refractivity contribution is -0.116. The molecule has 0 saturated carbocycles. The number of amides is 1. The number of hydrogen-bond acceptors (Lipinski definition) is 4. The van der Waals surface area contributed by atoms with Crippen LogP contribution in [-0.4, -0.2) is 22.7 Å². The molecule has 1 aliphatic rings. The number of ether oxygens (including phenoxy) is 2. The van der Waals surface area contributed by atoms with Crippen molar-refractivity contribution in [2.45, 2.75) is 6.54 Å². The monoisotopic (exact) mass is 483 g/mol. The van der Waals surface area contributed by atoms with Crippen molar-refractivity contribution in [1.82, 2.24) is 15.3 Å². The average Bonchev–Trinajstić information content (AvgIpc) is 3.49. The lowest BCUT2D eigenvalue weighted by Gasteiger charge is -2.09. The zero-order chi connectivity index (χ0) is 24.6. The van der Waals surface area contributed by atoms with Crippen LogP contribution in [0.5, 0.6) is 11.5 Å². The molecule has 0 fully saturated rings. The van der Waals surface area contributed by atoms with Crippen LogP contribution >= 0.6 is 0 Å². The van der Waals surface area contributed by atoms with E-state index in [0.29, 0.717) is 17.2 Å². The van der Waals surface area contributed by atoms with Crippen LogP contribution in [0.1, 0.15) is 11.3 Å². The van der Waals surface area contributed by atoms with Crippen LogP contribution in [-0.2, 0) is 11.3 Å². The van der Waals surface area contributed by atoms with Gasteiger partial charge in [0.15, 0.2) is 11.5 Å². The second-order valence-electron chi connectivity index (χ2n) is 8.38. The molecule has 178 valence electrons. The smallest absolute Gasteiger partial charge is 0.244 e. The molecule has 1 amide bonds. The van der Waals surface area contributed by atoms with Gasteiger partial charge in [0, 0.05) is 34.0 Å². The fourth-order valence-corrected chi connectivity index (χ4v) is 4.32. The van der Waals surface area contributed by atoms with E-state index in [1.54, 1.807) is 0 Å². The topological polar surface area (TPSA) is 76.2 Å². The largest absolute Gasteiger partial charge is 0.454 e. The fourth-order valence-electron chi connectivity index (χ4n) is 4.32. The van der Waals surface area contributed by atoms with Crippen LogP contribution in [0.3, 0.4) is 0 Å². The molecule has 6 rings (SSSR count). The molecule has 5 aromatic rings. The summed E-state index contributed by atoms with van der Waals surface area (Å²) in [7, 11) is 0. The van der Waals surface area contributed by atoms with Gasteiger partial charge >= 0.3 is 0 Å². The third kappa shape index (κ3) is 4.13. The zero-order valence-electron chi connectivity index (χ0n) is 18.8. The van der Waals surface area contributed by atoms with Gasteiger partial charge in [-0.2, -0.15) is 0 Å². The summed E-state index contributed by atoms with van der Waals surface area (Å²) in [5.41, 5.74) is 4.32. The Morgan fingerprint density at radius 3 is 2.64 bits per heavy atom. The number of benzene rings is 3. The number of pyridine rings is 1. The summed E-state index contributed by atoms with van der Waals surface area (Å²) >= 11 is 0. The van der Waals surface area contributed by atoms with E-state index in [-0.39, 0.29) is 18.9 Å². The highest BCUT2D eigenvalue weighted by Crippen LogP contribution is 2.38. The number of hydrogen-bond donors (Lipinski definition) is 2. The summed E-state index contributed by atoms with van der Waals surface area (Å²) < 4.78 is 37.8. The van der Waals surface area contributed by atoms with Crippen molar-refractivity contribution in [1.29, 1.82) is 0 Å². The molecule has 0 unspecified atom stereocenters. The number of aromatic nitrogens is 2. The quantitative estimate of drug-likeness (QED) is 0.314. The van der Waals surface area contributed by atoms with E-state index in [0.717, 1.165) is 51.3 Å². The maximum Gasteiger partial charge on any atom is 0.244 e. The van der Waals surface area contributed by atoms with E-state index in [1.165, 1.54) is 12.2 Å². The van der Waals surface area contributed by atoms with Gasteiger partial charge in [-0.1, -0.05) is 18.2 Å². The fraction of sp³-hybridized carbons (Fsp3) is 0.0714. The first-order valence-corrected chi connectivity index (χ1v) is 11.3. The number of fused-ring (bicyclic) bond motifs is 4. The normalized spacial score (nSPS) is 12.6. The second kappa shape index (κ2) is 8.81. The molecule has 2 aromatic heterocycles. The van der Waals surface area contributed by atoms with Crippen molar-refractivity contribution < 1.29 is 23.0 Å². The molecule has 3 aromatic carbocycles. The van der Waals surface area contributed by atoms with Crippen molar-refractivity contribution in [2.24, 2.45) is 0 Å². The highest BCUT2D eigenvalue weighted by atomic mass is 19.1. The average molecular weight is 483 g/mol. The Morgan fingerprint density at radius 1 is 0.972 bits per heavy atom. The van der Waals surface area contributed by atoms with E-state index in [1.807, 2.05) is 48.5 Å². The van der Waals surface area contributed by atoms with Gasteiger partial charge in [-0.25, -0.2) is 13.8 Å². The van der Waals surface area contributed by atoms with Crippen LogP contribution in [0.4, 0.5) is 8.78 Å². The number of carbonyl (C=O) groups excluding carboxylic acids is 1. The van der Waals surface area contributed by atoms with Gasteiger partial charge in [0.1, 0.15) is 11.6 Å². The molecule has 6 nitrogen and oxygen atoms in total. The number of carbonyl (C=O) groups is 1. The maximum atomic E-state index is 13.4. The molecule has 0 spiro atoms. The highest BCUT2D eigenvalue weighted by molar-refractivity contribution is 6.11. The summed E-state index contributed by atoms with van der Waals surface area (Å²) in [6, 6.07) is 18.6. The minimum absolute atomic E-state index is 0.160. The molecule has 0 radical (unpaired) electrons. The standard InChI is InChI=1S/C28H19F2N3O3/c29-18-9-16(10-19(30)12-18)5-8-26(34)31-14-20-13-22-21-3-1-2-4-23(21)33-28(22)27(32-20)17-6-7-24-25(11-17)36-15-35-24/h1-13,33H,14-15H2,(H,31,34)/b8-5+. The van der Waals surface area contributed by atoms with Gasteiger partial charge in [0.25, 0.3) is 0 Å². The summed E-state index contributed by atoms with van der Waals surface area (Å²) in [5, 5.41) is 4.81. The van der Waals surface area contributed by atoms with Crippen LogP contribution in [0.25, 0.3) is 39.1 Å². The van der Waals surface area contributed by atoms with Gasteiger partial charge in [-0.15, -0.1) is 0 Å². The van der Waals surface area contributed by atoms with Crippen molar-refractivity contribution in [3.63, 3.8) is 0 Å². The summed E-state index contributed by atoms with van der Waals surface area (Å²) in [4.78, 5) is 20.7. The Bertz CT molecular complexity index is 1660. The SMILES string of the molecule is O=C(/C=C/c1cc(F)cc(F)c1)NCc1cc2c([nH]c3ccccc32)c(-c2ccc3c(c2)OCO3)n1. The van der Waals surface area contributed by atoms with E-state index < -0.39 is 17.5 Å². The molecule has 3 heterocycles. The number of nitrogens with zero attached hydrogens (tertiary/aromatic N) is 1. The van der Waals surface area contributed by atoms with Crippen LogP contribution in [0.15, 0.2) is 72.8 Å². The predicted molar refractivity (Wildman–Crippen MR) is 132 cm³/mol. The summed E-state index contributed by atoms with van der Waals surface area (Å²) in [6.07, 6.45) is 2.59. The van der Waals surface area contributed by atoms with Crippen molar-refractivity contribution in [2.75, 3.05) is 6.79 Å². The summed E-state index contributed by atoms with van der Waals surface area (Å²) in [5.74, 6) is -0.494. The Balaban J connectivity index is 1.33. The first kappa shape index (κ1) is 21.8. The van der Waals surface area contributed by atoms with E-state index >= 15 is 0 Å². The van der Waals surface area contributed by atoms with Gasteiger partial charge in [-0.05, 0) is 54.1 Å². The molecular formula is C28H19F2N3O3. The van der Waals surface area contributed by atoms with Crippen LogP contribution in [0, 0.1) is 11.6 Å². The highest BCUT2D eigenvalue weighted by Gasteiger charge is 2.18.